The lowest BCUT2D eigenvalue weighted by Crippen LogP contribution is -2.33. The second kappa shape index (κ2) is 6.15. The molecule has 1 aromatic carbocycles. The van der Waals surface area contributed by atoms with E-state index in [2.05, 4.69) is 35.3 Å². The van der Waals surface area contributed by atoms with Gasteiger partial charge in [0, 0.05) is 25.7 Å². The van der Waals surface area contributed by atoms with Crippen LogP contribution in [-0.2, 0) is 0 Å². The first kappa shape index (κ1) is 13.9. The van der Waals surface area contributed by atoms with Gasteiger partial charge in [0.05, 0.1) is 7.11 Å². The van der Waals surface area contributed by atoms with Gasteiger partial charge in [0.25, 0.3) is 0 Å². The normalized spacial score (nSPS) is 22.3. The van der Waals surface area contributed by atoms with Crippen molar-refractivity contribution in [3.8, 4) is 5.75 Å². The molecule has 3 rings (SSSR count). The van der Waals surface area contributed by atoms with E-state index in [0.29, 0.717) is 6.04 Å². The fourth-order valence-corrected chi connectivity index (χ4v) is 3.42. The minimum Gasteiger partial charge on any atom is -0.496 e. The third kappa shape index (κ3) is 2.99. The van der Waals surface area contributed by atoms with Gasteiger partial charge in [0.15, 0.2) is 0 Å². The molecule has 1 aliphatic heterocycles. The Hall–Kier alpha value is -1.06. The first-order valence-electron chi connectivity index (χ1n) is 7.89. The van der Waals surface area contributed by atoms with Crippen LogP contribution in [0.15, 0.2) is 18.2 Å². The van der Waals surface area contributed by atoms with Crippen LogP contribution in [0.4, 0.5) is 0 Å². The molecule has 1 atom stereocenters. The average Bonchev–Trinajstić information content (AvgIpc) is 3.27. The van der Waals surface area contributed by atoms with E-state index >= 15 is 0 Å². The molecule has 3 nitrogen and oxygen atoms in total. The van der Waals surface area contributed by atoms with Crippen molar-refractivity contribution in [3.63, 3.8) is 0 Å². The summed E-state index contributed by atoms with van der Waals surface area (Å²) in [5, 5.41) is 3.51. The molecule has 1 aromatic rings. The topological polar surface area (TPSA) is 24.5 Å². The van der Waals surface area contributed by atoms with Gasteiger partial charge >= 0.3 is 0 Å². The molecule has 0 amide bonds. The summed E-state index contributed by atoms with van der Waals surface area (Å²) in [6.07, 6.45) is 4.04. The molecule has 1 heterocycles. The number of nitrogens with one attached hydrogen (secondary N) is 1. The summed E-state index contributed by atoms with van der Waals surface area (Å²) in [4.78, 5) is 2.69. The first-order chi connectivity index (χ1) is 9.79. The van der Waals surface area contributed by atoms with Gasteiger partial charge in [0.2, 0.25) is 0 Å². The standard InChI is InChI=1S/C17H26N2O/c1-13-12-15(6-7-16(13)20-2)17(14-4-5-14)19-10-3-8-18-9-11-19/h6-7,12,14,17-18H,3-5,8-11H2,1-2H3. The molecule has 0 bridgehead atoms. The molecule has 0 radical (unpaired) electrons. The van der Waals surface area contributed by atoms with E-state index < -0.39 is 0 Å². The minimum atomic E-state index is 0.611. The number of rotatable bonds is 4. The Labute approximate surface area is 122 Å². The summed E-state index contributed by atoms with van der Waals surface area (Å²) in [7, 11) is 1.75. The molecule has 1 saturated carbocycles. The summed E-state index contributed by atoms with van der Waals surface area (Å²) in [6, 6.07) is 7.35. The molecule has 1 unspecified atom stereocenters. The van der Waals surface area contributed by atoms with E-state index in [1.165, 1.54) is 43.5 Å². The SMILES string of the molecule is COc1ccc(C(C2CC2)N2CCCNCC2)cc1C. The van der Waals surface area contributed by atoms with Crippen molar-refractivity contribution in [2.45, 2.75) is 32.2 Å². The van der Waals surface area contributed by atoms with Crippen LogP contribution in [0.2, 0.25) is 0 Å². The quantitative estimate of drug-likeness (QED) is 0.913. The summed E-state index contributed by atoms with van der Waals surface area (Å²) in [5.41, 5.74) is 2.73. The molecule has 0 spiro atoms. The second-order valence-electron chi connectivity index (χ2n) is 6.15. The van der Waals surface area contributed by atoms with Crippen molar-refractivity contribution in [3.05, 3.63) is 29.3 Å². The Morgan fingerprint density at radius 2 is 2.10 bits per heavy atom. The Morgan fingerprint density at radius 1 is 1.25 bits per heavy atom. The van der Waals surface area contributed by atoms with E-state index in [1.807, 2.05) is 0 Å². The van der Waals surface area contributed by atoms with Crippen LogP contribution in [0.5, 0.6) is 5.75 Å². The van der Waals surface area contributed by atoms with Gasteiger partial charge in [-0.1, -0.05) is 12.1 Å². The van der Waals surface area contributed by atoms with Crippen molar-refractivity contribution in [1.29, 1.82) is 0 Å². The summed E-state index contributed by atoms with van der Waals surface area (Å²) < 4.78 is 5.40. The van der Waals surface area contributed by atoms with Crippen LogP contribution in [0, 0.1) is 12.8 Å². The van der Waals surface area contributed by atoms with Gasteiger partial charge < -0.3 is 10.1 Å². The minimum absolute atomic E-state index is 0.611. The molecule has 1 N–H and O–H groups in total. The molecule has 2 fully saturated rings. The smallest absolute Gasteiger partial charge is 0.121 e. The molecule has 1 aliphatic carbocycles. The maximum absolute atomic E-state index is 5.40. The van der Waals surface area contributed by atoms with Gasteiger partial charge in [-0.2, -0.15) is 0 Å². The fraction of sp³-hybridized carbons (Fsp3) is 0.647. The zero-order chi connectivity index (χ0) is 13.9. The number of methoxy groups -OCH3 is 1. The van der Waals surface area contributed by atoms with Gasteiger partial charge in [-0.25, -0.2) is 0 Å². The number of hydrogen-bond donors (Lipinski definition) is 1. The van der Waals surface area contributed by atoms with E-state index in [9.17, 15) is 0 Å². The van der Waals surface area contributed by atoms with Crippen molar-refractivity contribution in [2.24, 2.45) is 5.92 Å². The van der Waals surface area contributed by atoms with Crippen LogP contribution < -0.4 is 10.1 Å². The third-order valence-electron chi connectivity index (χ3n) is 4.60. The highest BCUT2D eigenvalue weighted by Crippen LogP contribution is 2.45. The van der Waals surface area contributed by atoms with E-state index in [0.717, 1.165) is 24.8 Å². The lowest BCUT2D eigenvalue weighted by Gasteiger charge is -2.31. The molecule has 20 heavy (non-hydrogen) atoms. The van der Waals surface area contributed by atoms with E-state index in [-0.39, 0.29) is 0 Å². The molecule has 1 saturated heterocycles. The highest BCUT2D eigenvalue weighted by atomic mass is 16.5. The third-order valence-corrected chi connectivity index (χ3v) is 4.60. The molecule has 110 valence electrons. The zero-order valence-electron chi connectivity index (χ0n) is 12.7. The predicted octanol–water partition coefficient (Wildman–Crippen LogP) is 2.75. The van der Waals surface area contributed by atoms with Crippen LogP contribution in [-0.4, -0.2) is 38.2 Å². The van der Waals surface area contributed by atoms with Gasteiger partial charge in [-0.15, -0.1) is 0 Å². The van der Waals surface area contributed by atoms with Crippen LogP contribution in [0.25, 0.3) is 0 Å². The lowest BCUT2D eigenvalue weighted by molar-refractivity contribution is 0.189. The average molecular weight is 274 g/mol. The summed E-state index contributed by atoms with van der Waals surface area (Å²) in [6.45, 7) is 6.83. The Bertz CT molecular complexity index is 448. The summed E-state index contributed by atoms with van der Waals surface area (Å²) >= 11 is 0. The fourth-order valence-electron chi connectivity index (χ4n) is 3.42. The highest BCUT2D eigenvalue weighted by molar-refractivity contribution is 5.38. The van der Waals surface area contributed by atoms with Gasteiger partial charge in [-0.3, -0.25) is 4.90 Å². The highest BCUT2D eigenvalue weighted by Gasteiger charge is 2.36. The predicted molar refractivity (Wildman–Crippen MR) is 82.3 cm³/mol. The number of hydrogen-bond acceptors (Lipinski definition) is 3. The summed E-state index contributed by atoms with van der Waals surface area (Å²) in [5.74, 6) is 1.86. The Balaban J connectivity index is 1.84. The largest absolute Gasteiger partial charge is 0.496 e. The number of aryl methyl sites for hydroxylation is 1. The van der Waals surface area contributed by atoms with Gasteiger partial charge in [-0.05, 0) is 55.8 Å². The van der Waals surface area contributed by atoms with Crippen molar-refractivity contribution < 1.29 is 4.74 Å². The van der Waals surface area contributed by atoms with E-state index in [1.54, 1.807) is 7.11 Å². The second-order valence-corrected chi connectivity index (χ2v) is 6.15. The zero-order valence-corrected chi connectivity index (χ0v) is 12.7. The number of benzene rings is 1. The molecule has 2 aliphatic rings. The Kier molecular flexibility index (Phi) is 4.27. The maximum Gasteiger partial charge on any atom is 0.121 e. The van der Waals surface area contributed by atoms with Crippen molar-refractivity contribution in [2.75, 3.05) is 33.3 Å². The first-order valence-corrected chi connectivity index (χ1v) is 7.89. The Morgan fingerprint density at radius 3 is 2.80 bits per heavy atom. The molecular weight excluding hydrogens is 248 g/mol. The molecule has 3 heteroatoms. The molecule has 0 aromatic heterocycles. The number of ether oxygens (including phenoxy) is 1. The van der Waals surface area contributed by atoms with Crippen molar-refractivity contribution in [1.82, 2.24) is 10.2 Å². The maximum atomic E-state index is 5.40. The monoisotopic (exact) mass is 274 g/mol. The van der Waals surface area contributed by atoms with Crippen LogP contribution in [0.1, 0.15) is 36.4 Å². The number of nitrogens with zero attached hydrogens (tertiary/aromatic N) is 1. The lowest BCUT2D eigenvalue weighted by atomic mass is 9.98. The van der Waals surface area contributed by atoms with E-state index in [4.69, 9.17) is 4.74 Å². The van der Waals surface area contributed by atoms with Crippen LogP contribution >= 0.6 is 0 Å². The molecular formula is C17H26N2O. The van der Waals surface area contributed by atoms with Crippen LogP contribution in [0.3, 0.4) is 0 Å². The van der Waals surface area contributed by atoms with Crippen molar-refractivity contribution >= 4 is 0 Å². The van der Waals surface area contributed by atoms with Gasteiger partial charge in [0.1, 0.15) is 5.75 Å².